The topological polar surface area (TPSA) is 56.1 Å². The van der Waals surface area contributed by atoms with Crippen molar-refractivity contribution in [1.29, 1.82) is 0 Å². The van der Waals surface area contributed by atoms with E-state index in [1.807, 2.05) is 32.0 Å². The van der Waals surface area contributed by atoms with Gasteiger partial charge in [0.1, 0.15) is 5.76 Å². The molecule has 0 radical (unpaired) electrons. The molecule has 0 amide bonds. The van der Waals surface area contributed by atoms with Gasteiger partial charge in [-0.3, -0.25) is 9.59 Å². The van der Waals surface area contributed by atoms with Crippen molar-refractivity contribution in [2.75, 3.05) is 0 Å². The second-order valence-electron chi connectivity index (χ2n) is 6.19. The van der Waals surface area contributed by atoms with E-state index in [1.165, 1.54) is 6.92 Å². The largest absolute Gasteiger partial charge is 0.467 e. The highest BCUT2D eigenvalue weighted by Gasteiger charge is 2.20. The predicted molar refractivity (Wildman–Crippen MR) is 92.7 cm³/mol. The van der Waals surface area contributed by atoms with Crippen LogP contribution in [0.3, 0.4) is 0 Å². The van der Waals surface area contributed by atoms with E-state index in [0.29, 0.717) is 17.7 Å². The van der Waals surface area contributed by atoms with Crippen LogP contribution in [-0.2, 0) is 13.1 Å². The zero-order valence-electron chi connectivity index (χ0n) is 14.7. The zero-order valence-corrected chi connectivity index (χ0v) is 14.7. The van der Waals surface area contributed by atoms with E-state index in [1.54, 1.807) is 35.4 Å². The van der Waals surface area contributed by atoms with Crippen LogP contribution < -0.4 is 4.57 Å². The molecule has 0 saturated carbocycles. The molecule has 0 fully saturated rings. The van der Waals surface area contributed by atoms with E-state index in [-0.39, 0.29) is 18.1 Å². The molecule has 0 spiro atoms. The summed E-state index contributed by atoms with van der Waals surface area (Å²) in [6.45, 7) is 6.25. The third-order valence-corrected chi connectivity index (χ3v) is 4.36. The minimum absolute atomic E-state index is 0.0153. The van der Waals surface area contributed by atoms with Crippen LogP contribution in [-0.4, -0.2) is 16.1 Å². The number of hydrogen-bond acceptors (Lipinski definition) is 3. The monoisotopic (exact) mass is 337 g/mol. The summed E-state index contributed by atoms with van der Waals surface area (Å²) in [6, 6.07) is 9.22. The van der Waals surface area contributed by atoms with Gasteiger partial charge in [0.15, 0.2) is 18.2 Å². The number of pyridine rings is 1. The van der Waals surface area contributed by atoms with Crippen molar-refractivity contribution in [1.82, 2.24) is 4.57 Å². The van der Waals surface area contributed by atoms with Crippen LogP contribution in [0.4, 0.5) is 0 Å². The summed E-state index contributed by atoms with van der Waals surface area (Å²) in [5.41, 5.74) is 3.23. The van der Waals surface area contributed by atoms with E-state index in [9.17, 15) is 9.59 Å². The van der Waals surface area contributed by atoms with E-state index in [0.717, 1.165) is 17.1 Å². The molecule has 0 unspecified atom stereocenters. The molecule has 0 atom stereocenters. The highest BCUT2D eigenvalue weighted by Crippen LogP contribution is 2.18. The summed E-state index contributed by atoms with van der Waals surface area (Å²) in [5, 5.41) is 0. The minimum Gasteiger partial charge on any atom is -0.467 e. The molecule has 128 valence electrons. The minimum atomic E-state index is -0.0153. The van der Waals surface area contributed by atoms with Gasteiger partial charge >= 0.3 is 0 Å². The third-order valence-electron chi connectivity index (χ3n) is 4.36. The maximum Gasteiger partial charge on any atom is 0.229 e. The van der Waals surface area contributed by atoms with Crippen molar-refractivity contribution >= 4 is 11.6 Å². The van der Waals surface area contributed by atoms with Crippen LogP contribution >= 0.6 is 0 Å². The molecule has 0 saturated heterocycles. The molecule has 3 rings (SSSR count). The second-order valence-corrected chi connectivity index (χ2v) is 6.19. The van der Waals surface area contributed by atoms with E-state index in [2.05, 4.69) is 4.57 Å². The first-order valence-corrected chi connectivity index (χ1v) is 8.18. The number of carbonyl (C=O) groups is 2. The van der Waals surface area contributed by atoms with Crippen molar-refractivity contribution in [2.24, 2.45) is 0 Å². The van der Waals surface area contributed by atoms with Crippen molar-refractivity contribution in [3.8, 4) is 0 Å². The lowest BCUT2D eigenvalue weighted by molar-refractivity contribution is -0.683. The summed E-state index contributed by atoms with van der Waals surface area (Å²) in [5.74, 6) is 0.854. The molecule has 0 bridgehead atoms. The van der Waals surface area contributed by atoms with Crippen molar-refractivity contribution in [2.45, 2.75) is 33.9 Å². The van der Waals surface area contributed by atoms with Gasteiger partial charge < -0.3 is 8.98 Å². The number of carbonyl (C=O) groups excluding carboxylic acids is 2. The van der Waals surface area contributed by atoms with Gasteiger partial charge in [-0.2, -0.15) is 4.57 Å². The number of hydrogen-bond donors (Lipinski definition) is 0. The molecule has 5 heteroatoms. The van der Waals surface area contributed by atoms with Gasteiger partial charge in [-0.05, 0) is 45.0 Å². The third kappa shape index (κ3) is 3.60. The number of ketones is 2. The Morgan fingerprint density at radius 1 is 1.20 bits per heavy atom. The molecule has 0 aliphatic carbocycles. The van der Waals surface area contributed by atoms with Crippen molar-refractivity contribution in [3.63, 3.8) is 0 Å². The highest BCUT2D eigenvalue weighted by atomic mass is 16.3. The summed E-state index contributed by atoms with van der Waals surface area (Å²) >= 11 is 0. The normalized spacial score (nSPS) is 10.8. The molecule has 25 heavy (non-hydrogen) atoms. The smallest absolute Gasteiger partial charge is 0.229 e. The SMILES string of the molecule is CC(=O)c1ccc[n+](CC(=O)c2cc(C)n(Cc3ccco3)c2C)c1. The zero-order chi connectivity index (χ0) is 18.0. The summed E-state index contributed by atoms with van der Waals surface area (Å²) in [6.07, 6.45) is 5.16. The van der Waals surface area contributed by atoms with Gasteiger partial charge in [0.05, 0.1) is 18.4 Å². The van der Waals surface area contributed by atoms with E-state index >= 15 is 0 Å². The Balaban J connectivity index is 1.83. The number of Topliss-reactive ketones (excluding diaryl/α,β-unsaturated/α-hetero) is 2. The number of nitrogens with zero attached hydrogens (tertiary/aromatic N) is 2. The number of rotatable bonds is 6. The number of furan rings is 1. The number of aryl methyl sites for hydroxylation is 1. The summed E-state index contributed by atoms with van der Waals surface area (Å²) < 4.78 is 9.23. The molecule has 3 heterocycles. The Labute approximate surface area is 146 Å². The lowest BCUT2D eigenvalue weighted by atomic mass is 10.1. The Morgan fingerprint density at radius 2 is 2.00 bits per heavy atom. The molecule has 5 nitrogen and oxygen atoms in total. The van der Waals surface area contributed by atoms with Gasteiger partial charge in [0.25, 0.3) is 0 Å². The van der Waals surface area contributed by atoms with Crippen LogP contribution in [0.25, 0.3) is 0 Å². The van der Waals surface area contributed by atoms with Gasteiger partial charge in [0, 0.05) is 23.0 Å². The molecular weight excluding hydrogens is 316 g/mol. The molecule has 0 N–H and O–H groups in total. The summed E-state index contributed by atoms with van der Waals surface area (Å²) in [7, 11) is 0. The highest BCUT2D eigenvalue weighted by molar-refractivity contribution is 5.96. The fraction of sp³-hybridized carbons (Fsp3) is 0.250. The van der Waals surface area contributed by atoms with Crippen LogP contribution in [0.5, 0.6) is 0 Å². The molecular formula is C20H21N2O3+. The summed E-state index contributed by atoms with van der Waals surface area (Å²) in [4.78, 5) is 24.2. The Kier molecular flexibility index (Phi) is 4.65. The maximum absolute atomic E-state index is 12.7. The standard InChI is InChI=1S/C20H21N2O3/c1-14-10-19(15(2)22(14)12-18-7-5-9-25-18)20(24)13-21-8-4-6-17(11-21)16(3)23/h4-11H,12-13H2,1-3H3/q+1. The molecule has 0 aliphatic heterocycles. The van der Waals surface area contributed by atoms with Crippen molar-refractivity contribution in [3.05, 3.63) is 77.3 Å². The first-order valence-electron chi connectivity index (χ1n) is 8.18. The second kappa shape index (κ2) is 6.89. The van der Waals surface area contributed by atoms with E-state index in [4.69, 9.17) is 4.42 Å². The lowest BCUT2D eigenvalue weighted by Gasteiger charge is -2.07. The van der Waals surface area contributed by atoms with Gasteiger partial charge in [0.2, 0.25) is 12.3 Å². The van der Waals surface area contributed by atoms with Crippen LogP contribution in [0.2, 0.25) is 0 Å². The fourth-order valence-electron chi connectivity index (χ4n) is 2.96. The molecule has 3 aromatic heterocycles. The Bertz CT molecular complexity index is 921. The maximum atomic E-state index is 12.7. The molecule has 0 aliphatic rings. The average Bonchev–Trinajstić information content (AvgIpc) is 3.19. The predicted octanol–water partition coefficient (Wildman–Crippen LogP) is 3.12. The van der Waals surface area contributed by atoms with Crippen LogP contribution in [0.15, 0.2) is 53.4 Å². The Morgan fingerprint density at radius 3 is 2.68 bits per heavy atom. The first-order chi connectivity index (χ1) is 12.0. The molecule has 3 aromatic rings. The van der Waals surface area contributed by atoms with Gasteiger partial charge in [-0.25, -0.2) is 0 Å². The van der Waals surface area contributed by atoms with Crippen LogP contribution in [0.1, 0.15) is 44.8 Å². The van der Waals surface area contributed by atoms with Gasteiger partial charge in [-0.1, -0.05) is 0 Å². The van der Waals surface area contributed by atoms with Crippen LogP contribution in [0, 0.1) is 13.8 Å². The van der Waals surface area contributed by atoms with Gasteiger partial charge in [-0.15, -0.1) is 0 Å². The van der Waals surface area contributed by atoms with E-state index < -0.39 is 0 Å². The average molecular weight is 337 g/mol. The molecule has 0 aromatic carbocycles. The number of aromatic nitrogens is 2. The Hall–Kier alpha value is -2.95. The lowest BCUT2D eigenvalue weighted by Crippen LogP contribution is -2.38. The first kappa shape index (κ1) is 16.9. The fourth-order valence-corrected chi connectivity index (χ4v) is 2.96. The quantitative estimate of drug-likeness (QED) is 0.513. The van der Waals surface area contributed by atoms with Crippen molar-refractivity contribution < 1.29 is 18.6 Å².